The minimum Gasteiger partial charge on any atom is -0.477 e. The van der Waals surface area contributed by atoms with E-state index in [4.69, 9.17) is 5.14 Å². The lowest BCUT2D eigenvalue weighted by Gasteiger charge is -2.18. The van der Waals surface area contributed by atoms with E-state index in [1.165, 1.54) is 12.1 Å². The predicted octanol–water partition coefficient (Wildman–Crippen LogP) is 3.29. The van der Waals surface area contributed by atoms with E-state index in [0.29, 0.717) is 18.5 Å². The summed E-state index contributed by atoms with van der Waals surface area (Å²) in [6.07, 6.45) is 0.0950. The molecule has 0 aliphatic rings. The Labute approximate surface area is 210 Å². The monoisotopic (exact) mass is 507 g/mol. The molecular formula is C27H29N3O5S. The second-order valence-electron chi connectivity index (χ2n) is 8.95. The molecule has 0 bridgehead atoms. The zero-order valence-corrected chi connectivity index (χ0v) is 20.7. The molecule has 0 fully saturated rings. The van der Waals surface area contributed by atoms with E-state index >= 15 is 0 Å². The summed E-state index contributed by atoms with van der Waals surface area (Å²) < 4.78 is 25.1. The van der Waals surface area contributed by atoms with Crippen LogP contribution in [0.3, 0.4) is 0 Å². The maximum atomic E-state index is 12.0. The normalized spacial score (nSPS) is 13.5. The van der Waals surface area contributed by atoms with Crippen molar-refractivity contribution >= 4 is 26.9 Å². The number of fused-ring (bicyclic) bond motifs is 1. The van der Waals surface area contributed by atoms with E-state index in [0.717, 1.165) is 22.0 Å². The lowest BCUT2D eigenvalue weighted by atomic mass is 10.0. The Hall–Kier alpha value is -3.50. The smallest absolute Gasteiger partial charge is 0.352 e. The van der Waals surface area contributed by atoms with Crippen LogP contribution in [0.15, 0.2) is 83.8 Å². The van der Waals surface area contributed by atoms with Crippen molar-refractivity contribution in [3.8, 4) is 0 Å². The number of nitrogens with one attached hydrogen (secondary N) is 1. The Morgan fingerprint density at radius 2 is 1.75 bits per heavy atom. The molecular weight excluding hydrogens is 478 g/mol. The minimum absolute atomic E-state index is 0.0190. The molecule has 5 N–H and O–H groups in total. The van der Waals surface area contributed by atoms with Crippen molar-refractivity contribution in [2.24, 2.45) is 5.14 Å². The Morgan fingerprint density at radius 3 is 2.44 bits per heavy atom. The van der Waals surface area contributed by atoms with Crippen molar-refractivity contribution in [1.82, 2.24) is 9.88 Å². The highest BCUT2D eigenvalue weighted by atomic mass is 32.2. The van der Waals surface area contributed by atoms with Gasteiger partial charge in [-0.15, -0.1) is 0 Å². The minimum atomic E-state index is -3.86. The van der Waals surface area contributed by atoms with Gasteiger partial charge >= 0.3 is 5.97 Å². The first-order valence-electron chi connectivity index (χ1n) is 11.6. The molecule has 0 spiro atoms. The van der Waals surface area contributed by atoms with Gasteiger partial charge in [-0.3, -0.25) is 0 Å². The highest BCUT2D eigenvalue weighted by Gasteiger charge is 2.17. The van der Waals surface area contributed by atoms with Gasteiger partial charge < -0.3 is 20.1 Å². The fourth-order valence-corrected chi connectivity index (χ4v) is 4.91. The van der Waals surface area contributed by atoms with Gasteiger partial charge in [0.2, 0.25) is 10.0 Å². The number of aliphatic hydroxyl groups excluding tert-OH is 1. The van der Waals surface area contributed by atoms with Gasteiger partial charge in [0.1, 0.15) is 5.69 Å². The quantitative estimate of drug-likeness (QED) is 0.260. The highest BCUT2D eigenvalue weighted by molar-refractivity contribution is 7.89. The van der Waals surface area contributed by atoms with Crippen LogP contribution >= 0.6 is 0 Å². The first kappa shape index (κ1) is 25.6. The van der Waals surface area contributed by atoms with Gasteiger partial charge in [0.05, 0.1) is 11.0 Å². The molecule has 4 aromatic rings. The van der Waals surface area contributed by atoms with Gasteiger partial charge in [-0.2, -0.15) is 0 Å². The van der Waals surface area contributed by atoms with Gasteiger partial charge in [-0.1, -0.05) is 48.5 Å². The van der Waals surface area contributed by atoms with Crippen LogP contribution in [-0.4, -0.2) is 41.8 Å². The number of carboxylic acid groups (broad SMARTS) is 1. The third kappa shape index (κ3) is 6.00. The molecule has 1 heterocycles. The van der Waals surface area contributed by atoms with E-state index < -0.39 is 22.1 Å². The molecule has 4 rings (SSSR count). The topological polar surface area (TPSA) is 135 Å². The number of aliphatic hydroxyl groups is 1. The number of hydrogen-bond acceptors (Lipinski definition) is 5. The van der Waals surface area contributed by atoms with Crippen molar-refractivity contribution in [2.75, 3.05) is 6.54 Å². The van der Waals surface area contributed by atoms with Gasteiger partial charge in [0, 0.05) is 30.0 Å². The molecule has 1 aromatic heterocycles. The van der Waals surface area contributed by atoms with Crippen LogP contribution < -0.4 is 10.5 Å². The number of primary sulfonamides is 1. The maximum absolute atomic E-state index is 12.0. The number of nitrogens with zero attached hydrogens (tertiary/aromatic N) is 1. The fourth-order valence-electron chi connectivity index (χ4n) is 4.33. The van der Waals surface area contributed by atoms with E-state index in [2.05, 4.69) is 5.32 Å². The second kappa shape index (κ2) is 10.6. The second-order valence-corrected chi connectivity index (χ2v) is 10.5. The van der Waals surface area contributed by atoms with Crippen molar-refractivity contribution < 1.29 is 23.4 Å². The molecule has 0 amide bonds. The predicted molar refractivity (Wildman–Crippen MR) is 138 cm³/mol. The maximum Gasteiger partial charge on any atom is 0.352 e. The molecule has 2 unspecified atom stereocenters. The average Bonchev–Trinajstić information content (AvgIpc) is 3.20. The summed E-state index contributed by atoms with van der Waals surface area (Å²) in [4.78, 5) is 11.9. The van der Waals surface area contributed by atoms with Gasteiger partial charge in [0.25, 0.3) is 0 Å². The van der Waals surface area contributed by atoms with Gasteiger partial charge in [0.15, 0.2) is 0 Å². The largest absolute Gasteiger partial charge is 0.477 e. The molecule has 0 saturated heterocycles. The number of carbonyl (C=O) groups is 1. The molecule has 9 heteroatoms. The molecule has 0 radical (unpaired) electrons. The Morgan fingerprint density at radius 1 is 1.00 bits per heavy atom. The summed E-state index contributed by atoms with van der Waals surface area (Å²) in [5, 5.41) is 29.6. The van der Waals surface area contributed by atoms with Crippen molar-refractivity contribution in [1.29, 1.82) is 0 Å². The summed E-state index contributed by atoms with van der Waals surface area (Å²) in [5.41, 5.74) is 3.36. The summed E-state index contributed by atoms with van der Waals surface area (Å²) in [6.45, 7) is 2.64. The van der Waals surface area contributed by atoms with E-state index in [9.17, 15) is 23.4 Å². The summed E-state index contributed by atoms with van der Waals surface area (Å²) in [7, 11) is -3.86. The summed E-state index contributed by atoms with van der Waals surface area (Å²) in [6, 6.07) is 23.2. The Bertz CT molecular complexity index is 1480. The van der Waals surface area contributed by atoms with Crippen LogP contribution in [0.2, 0.25) is 0 Å². The first-order chi connectivity index (χ1) is 17.1. The number of rotatable bonds is 10. The Kier molecular flexibility index (Phi) is 7.56. The lowest BCUT2D eigenvalue weighted by molar-refractivity contribution is 0.0686. The van der Waals surface area contributed by atoms with Crippen LogP contribution in [-0.2, 0) is 23.0 Å². The summed E-state index contributed by atoms with van der Waals surface area (Å²) >= 11 is 0. The number of nitrogens with two attached hydrogens (primary N) is 1. The van der Waals surface area contributed by atoms with Crippen LogP contribution in [0.25, 0.3) is 10.9 Å². The van der Waals surface area contributed by atoms with E-state index in [1.807, 2.05) is 55.5 Å². The average molecular weight is 508 g/mol. The van der Waals surface area contributed by atoms with E-state index in [1.54, 1.807) is 22.8 Å². The molecule has 2 atom stereocenters. The number of carboxylic acids is 1. The SMILES string of the molecule is CC(Cc1ccc2c(c1)cc(C(=O)O)n2Cc1cccc(S(N)(=O)=O)c1)NCC(O)c1ccccc1. The van der Waals surface area contributed by atoms with Crippen LogP contribution in [0.5, 0.6) is 0 Å². The van der Waals surface area contributed by atoms with Gasteiger partial charge in [-0.05, 0) is 60.4 Å². The van der Waals surface area contributed by atoms with Crippen molar-refractivity contribution in [2.45, 2.75) is 36.9 Å². The molecule has 0 saturated carbocycles. The Balaban J connectivity index is 1.52. The van der Waals surface area contributed by atoms with Crippen molar-refractivity contribution in [3.05, 3.63) is 101 Å². The third-order valence-electron chi connectivity index (χ3n) is 6.14. The zero-order chi connectivity index (χ0) is 25.9. The number of aromatic carboxylic acids is 1. The third-order valence-corrected chi connectivity index (χ3v) is 7.05. The number of sulfonamides is 1. The van der Waals surface area contributed by atoms with Crippen molar-refractivity contribution in [3.63, 3.8) is 0 Å². The molecule has 8 nitrogen and oxygen atoms in total. The lowest BCUT2D eigenvalue weighted by Crippen LogP contribution is -2.32. The first-order valence-corrected chi connectivity index (χ1v) is 13.1. The molecule has 0 aliphatic heterocycles. The number of aromatic nitrogens is 1. The molecule has 188 valence electrons. The van der Waals surface area contributed by atoms with Gasteiger partial charge in [-0.25, -0.2) is 18.4 Å². The number of hydrogen-bond donors (Lipinski definition) is 4. The number of benzene rings is 3. The molecule has 3 aromatic carbocycles. The molecule has 36 heavy (non-hydrogen) atoms. The zero-order valence-electron chi connectivity index (χ0n) is 19.8. The highest BCUT2D eigenvalue weighted by Crippen LogP contribution is 2.24. The van der Waals surface area contributed by atoms with Crippen LogP contribution in [0, 0.1) is 0 Å². The van der Waals surface area contributed by atoms with Crippen LogP contribution in [0.4, 0.5) is 0 Å². The molecule has 0 aliphatic carbocycles. The summed E-state index contributed by atoms with van der Waals surface area (Å²) in [5.74, 6) is -1.07. The fraction of sp³-hybridized carbons (Fsp3) is 0.222. The van der Waals surface area contributed by atoms with E-state index in [-0.39, 0.29) is 23.2 Å². The van der Waals surface area contributed by atoms with Crippen LogP contribution in [0.1, 0.15) is 40.2 Å². The standard InChI is InChI=1S/C27H29N3O5S/c1-18(29-16-26(31)21-7-3-2-4-8-21)12-19-10-11-24-22(13-19)15-25(27(32)33)30(24)17-20-6-5-9-23(14-20)36(28,34)35/h2-11,13-15,18,26,29,31H,12,16-17H2,1H3,(H,32,33)(H2,28,34,35).